The molecule has 3 nitrogen and oxygen atoms in total. The lowest BCUT2D eigenvalue weighted by atomic mass is 9.99. The summed E-state index contributed by atoms with van der Waals surface area (Å²) >= 11 is 0. The van der Waals surface area contributed by atoms with Crippen LogP contribution in [0.4, 0.5) is 0 Å². The van der Waals surface area contributed by atoms with Gasteiger partial charge in [0.1, 0.15) is 0 Å². The van der Waals surface area contributed by atoms with Gasteiger partial charge in [0.15, 0.2) is 11.5 Å². The number of rotatable bonds is 3. The van der Waals surface area contributed by atoms with Gasteiger partial charge in [-0.2, -0.15) is 0 Å². The van der Waals surface area contributed by atoms with Crippen molar-refractivity contribution >= 4 is 0 Å². The SMILES string of the molecule is CCCC.COc1cc2c(cc1OC)CN(C)CC2. The number of hydrogen-bond donors (Lipinski definition) is 0. The summed E-state index contributed by atoms with van der Waals surface area (Å²) in [5.41, 5.74) is 2.73. The fourth-order valence-electron chi connectivity index (χ4n) is 2.02. The van der Waals surface area contributed by atoms with E-state index in [1.165, 1.54) is 24.0 Å². The number of methoxy groups -OCH3 is 2. The predicted octanol–water partition coefficient (Wildman–Crippen LogP) is 3.50. The summed E-state index contributed by atoms with van der Waals surface area (Å²) in [4.78, 5) is 2.31. The normalized spacial score (nSPS) is 14.2. The van der Waals surface area contributed by atoms with Gasteiger partial charge >= 0.3 is 0 Å². The van der Waals surface area contributed by atoms with Crippen molar-refractivity contribution < 1.29 is 9.47 Å². The molecule has 0 fully saturated rings. The lowest BCUT2D eigenvalue weighted by molar-refractivity contribution is 0.308. The monoisotopic (exact) mass is 265 g/mol. The molecule has 0 aliphatic carbocycles. The van der Waals surface area contributed by atoms with Crippen LogP contribution in [-0.2, 0) is 13.0 Å². The average molecular weight is 265 g/mol. The summed E-state index contributed by atoms with van der Waals surface area (Å²) in [7, 11) is 5.50. The summed E-state index contributed by atoms with van der Waals surface area (Å²) < 4.78 is 10.6. The topological polar surface area (TPSA) is 21.7 Å². The highest BCUT2D eigenvalue weighted by Gasteiger charge is 2.16. The van der Waals surface area contributed by atoms with E-state index in [1.54, 1.807) is 14.2 Å². The van der Waals surface area contributed by atoms with E-state index >= 15 is 0 Å². The molecule has 0 bridgehead atoms. The standard InChI is InChI=1S/C12H17NO2.C4H10/c1-13-5-4-9-6-11(14-2)12(15-3)7-10(9)8-13;1-3-4-2/h6-7H,4-5,8H2,1-3H3;3-4H2,1-2H3. The van der Waals surface area contributed by atoms with Crippen LogP contribution in [0.1, 0.15) is 37.8 Å². The highest BCUT2D eigenvalue weighted by Crippen LogP contribution is 2.32. The Labute approximate surface area is 117 Å². The van der Waals surface area contributed by atoms with Crippen LogP contribution in [0.25, 0.3) is 0 Å². The van der Waals surface area contributed by atoms with Gasteiger partial charge in [0.05, 0.1) is 14.2 Å². The Kier molecular flexibility index (Phi) is 6.71. The predicted molar refractivity (Wildman–Crippen MR) is 80.2 cm³/mol. The average Bonchev–Trinajstić information content (AvgIpc) is 2.45. The Balaban J connectivity index is 0.000000399. The number of likely N-dealkylation sites (N-methyl/N-ethyl adjacent to an activating group) is 1. The molecule has 1 aromatic rings. The van der Waals surface area contributed by atoms with E-state index in [0.29, 0.717) is 0 Å². The molecular formula is C16H27NO2. The second-order valence-corrected chi connectivity index (χ2v) is 4.96. The molecule has 0 amide bonds. The van der Waals surface area contributed by atoms with Gasteiger partial charge in [-0.15, -0.1) is 0 Å². The summed E-state index contributed by atoms with van der Waals surface area (Å²) in [5.74, 6) is 1.66. The zero-order valence-corrected chi connectivity index (χ0v) is 13.0. The van der Waals surface area contributed by atoms with Crippen molar-refractivity contribution in [1.29, 1.82) is 0 Å². The van der Waals surface area contributed by atoms with E-state index < -0.39 is 0 Å². The van der Waals surface area contributed by atoms with Gasteiger partial charge in [0.25, 0.3) is 0 Å². The van der Waals surface area contributed by atoms with E-state index in [2.05, 4.69) is 37.9 Å². The summed E-state index contributed by atoms with van der Waals surface area (Å²) in [6.45, 7) is 6.47. The molecule has 0 aromatic heterocycles. The molecule has 0 atom stereocenters. The molecule has 1 aliphatic heterocycles. The van der Waals surface area contributed by atoms with Gasteiger partial charge in [-0.25, -0.2) is 0 Å². The maximum Gasteiger partial charge on any atom is 0.161 e. The largest absolute Gasteiger partial charge is 0.493 e. The van der Waals surface area contributed by atoms with Crippen molar-refractivity contribution in [3.05, 3.63) is 23.3 Å². The van der Waals surface area contributed by atoms with Crippen molar-refractivity contribution in [3.8, 4) is 11.5 Å². The zero-order chi connectivity index (χ0) is 14.3. The van der Waals surface area contributed by atoms with Crippen LogP contribution in [0.5, 0.6) is 11.5 Å². The molecule has 0 unspecified atom stereocenters. The molecule has 3 heteroatoms. The van der Waals surface area contributed by atoms with E-state index in [0.717, 1.165) is 31.0 Å². The Morgan fingerprint density at radius 2 is 1.53 bits per heavy atom. The molecule has 2 rings (SSSR count). The van der Waals surface area contributed by atoms with Crippen LogP contribution in [-0.4, -0.2) is 32.7 Å². The minimum Gasteiger partial charge on any atom is -0.493 e. The first-order valence-electron chi connectivity index (χ1n) is 7.08. The maximum absolute atomic E-state index is 5.29. The van der Waals surface area contributed by atoms with Gasteiger partial charge < -0.3 is 14.4 Å². The molecule has 1 aliphatic rings. The number of ether oxygens (including phenoxy) is 2. The number of unbranched alkanes of at least 4 members (excludes halogenated alkanes) is 1. The number of benzene rings is 1. The highest BCUT2D eigenvalue weighted by atomic mass is 16.5. The van der Waals surface area contributed by atoms with Crippen LogP contribution in [0, 0.1) is 0 Å². The van der Waals surface area contributed by atoms with Gasteiger partial charge in [-0.1, -0.05) is 26.7 Å². The van der Waals surface area contributed by atoms with Crippen LogP contribution in [0.15, 0.2) is 12.1 Å². The Bertz CT molecular complexity index is 389. The molecule has 0 spiro atoms. The van der Waals surface area contributed by atoms with Gasteiger partial charge in [-0.05, 0) is 36.7 Å². The van der Waals surface area contributed by atoms with Crippen LogP contribution in [0.2, 0.25) is 0 Å². The summed E-state index contributed by atoms with van der Waals surface area (Å²) in [6, 6.07) is 4.19. The highest BCUT2D eigenvalue weighted by molar-refractivity contribution is 5.48. The molecule has 0 saturated carbocycles. The number of nitrogens with zero attached hydrogens (tertiary/aromatic N) is 1. The van der Waals surface area contributed by atoms with Gasteiger partial charge in [-0.3, -0.25) is 0 Å². The lowest BCUT2D eigenvalue weighted by Gasteiger charge is -2.26. The van der Waals surface area contributed by atoms with E-state index in [4.69, 9.17) is 9.47 Å². The van der Waals surface area contributed by atoms with Crippen molar-refractivity contribution in [2.24, 2.45) is 0 Å². The summed E-state index contributed by atoms with van der Waals surface area (Å²) in [6.07, 6.45) is 3.73. The van der Waals surface area contributed by atoms with E-state index in [9.17, 15) is 0 Å². The first-order valence-corrected chi connectivity index (χ1v) is 7.08. The molecular weight excluding hydrogens is 238 g/mol. The van der Waals surface area contributed by atoms with Gasteiger partial charge in [0, 0.05) is 13.1 Å². The minimum absolute atomic E-state index is 0.826. The Morgan fingerprint density at radius 1 is 1.00 bits per heavy atom. The smallest absolute Gasteiger partial charge is 0.161 e. The quantitative estimate of drug-likeness (QED) is 0.835. The van der Waals surface area contributed by atoms with Crippen molar-refractivity contribution in [3.63, 3.8) is 0 Å². The fraction of sp³-hybridized carbons (Fsp3) is 0.625. The van der Waals surface area contributed by atoms with Crippen molar-refractivity contribution in [2.75, 3.05) is 27.8 Å². The Morgan fingerprint density at radius 3 is 2.00 bits per heavy atom. The van der Waals surface area contributed by atoms with Crippen molar-refractivity contribution in [1.82, 2.24) is 4.90 Å². The lowest BCUT2D eigenvalue weighted by Crippen LogP contribution is -2.26. The van der Waals surface area contributed by atoms with Crippen molar-refractivity contribution in [2.45, 2.75) is 39.7 Å². The minimum atomic E-state index is 0.826. The third kappa shape index (κ3) is 4.43. The molecule has 0 saturated heterocycles. The van der Waals surface area contributed by atoms with E-state index in [1.807, 2.05) is 0 Å². The number of hydrogen-bond acceptors (Lipinski definition) is 3. The molecule has 1 heterocycles. The fourth-order valence-corrected chi connectivity index (χ4v) is 2.02. The van der Waals surface area contributed by atoms with E-state index in [-0.39, 0.29) is 0 Å². The van der Waals surface area contributed by atoms with Crippen LogP contribution >= 0.6 is 0 Å². The molecule has 0 radical (unpaired) electrons. The second-order valence-electron chi connectivity index (χ2n) is 4.96. The Hall–Kier alpha value is -1.22. The van der Waals surface area contributed by atoms with Crippen LogP contribution < -0.4 is 9.47 Å². The third-order valence-corrected chi connectivity index (χ3v) is 3.41. The third-order valence-electron chi connectivity index (χ3n) is 3.41. The molecule has 108 valence electrons. The first-order chi connectivity index (χ1) is 9.15. The molecule has 1 aromatic carbocycles. The maximum atomic E-state index is 5.29. The molecule has 0 N–H and O–H groups in total. The summed E-state index contributed by atoms with van der Waals surface area (Å²) in [5, 5.41) is 0. The molecule has 19 heavy (non-hydrogen) atoms. The van der Waals surface area contributed by atoms with Crippen LogP contribution in [0.3, 0.4) is 0 Å². The first kappa shape index (κ1) is 15.8. The second kappa shape index (κ2) is 8.05. The zero-order valence-electron chi connectivity index (χ0n) is 13.0. The number of fused-ring (bicyclic) bond motifs is 1. The van der Waals surface area contributed by atoms with Gasteiger partial charge in [0.2, 0.25) is 0 Å².